The van der Waals surface area contributed by atoms with Crippen LogP contribution in [0.2, 0.25) is 5.02 Å². The van der Waals surface area contributed by atoms with Gasteiger partial charge in [0.25, 0.3) is 0 Å². The lowest BCUT2D eigenvalue weighted by Crippen LogP contribution is -2.32. The number of benzene rings is 3. The van der Waals surface area contributed by atoms with Crippen LogP contribution in [0.5, 0.6) is 0 Å². The van der Waals surface area contributed by atoms with Gasteiger partial charge in [0.15, 0.2) is 6.21 Å². The number of anilines is 1. The van der Waals surface area contributed by atoms with E-state index in [1.54, 1.807) is 11.1 Å². The smallest absolute Gasteiger partial charge is 0.231 e. The molecule has 0 bridgehead atoms. The number of nitrogens with two attached hydrogens (primary N) is 2. The number of carbonyl (C=O) groups excluding carboxylic acids is 1. The van der Waals surface area contributed by atoms with E-state index in [2.05, 4.69) is 4.98 Å². The maximum atomic E-state index is 13.6. The molecular weight excluding hydrogens is 432 g/mol. The van der Waals surface area contributed by atoms with E-state index in [1.807, 2.05) is 79.0 Å². The van der Waals surface area contributed by atoms with Crippen LogP contribution in [0.25, 0.3) is 16.3 Å². The molecule has 0 atom stereocenters. The van der Waals surface area contributed by atoms with Crippen molar-refractivity contribution in [2.45, 2.75) is 13.0 Å². The molecule has 1 aromatic heterocycles. The van der Waals surface area contributed by atoms with Gasteiger partial charge in [-0.25, -0.2) is 0 Å². The number of hydrogen-bond donors (Lipinski definition) is 2. The van der Waals surface area contributed by atoms with Crippen LogP contribution in [0.15, 0.2) is 91.4 Å². The lowest BCUT2D eigenvalue weighted by molar-refractivity contribution is -0.118. The lowest BCUT2D eigenvalue weighted by atomic mass is 10.0. The van der Waals surface area contributed by atoms with E-state index >= 15 is 0 Å². The van der Waals surface area contributed by atoms with Crippen molar-refractivity contribution < 1.29 is 10.2 Å². The summed E-state index contributed by atoms with van der Waals surface area (Å²) < 4.78 is 0. The van der Waals surface area contributed by atoms with Crippen LogP contribution >= 0.6 is 11.6 Å². The summed E-state index contributed by atoms with van der Waals surface area (Å²) in [6.45, 7) is 0.388. The first kappa shape index (κ1) is 22.2. The van der Waals surface area contributed by atoms with Crippen molar-refractivity contribution >= 4 is 45.8 Å². The zero-order valence-electron chi connectivity index (χ0n) is 18.0. The van der Waals surface area contributed by atoms with Crippen molar-refractivity contribution in [1.29, 1.82) is 0 Å². The highest BCUT2D eigenvalue weighted by Crippen LogP contribution is 2.24. The molecule has 6 heteroatoms. The average Bonchev–Trinajstić information content (AvgIpc) is 2.84. The summed E-state index contributed by atoms with van der Waals surface area (Å²) in [7, 11) is 0. The zero-order chi connectivity index (χ0) is 23.2. The summed E-state index contributed by atoms with van der Waals surface area (Å²) in [6, 6.07) is 23.1. The maximum absolute atomic E-state index is 13.6. The fourth-order valence-corrected chi connectivity index (χ4v) is 4.01. The molecule has 4 rings (SSSR count). The second kappa shape index (κ2) is 10.1. The van der Waals surface area contributed by atoms with Gasteiger partial charge in [-0.1, -0.05) is 60.1 Å². The summed E-state index contributed by atoms with van der Waals surface area (Å²) in [5, 5.41) is 8.31. The number of halogens is 1. The first-order chi connectivity index (χ1) is 16.1. The van der Waals surface area contributed by atoms with Gasteiger partial charge in [-0.15, -0.1) is 0 Å². The quantitative estimate of drug-likeness (QED) is 0.416. The number of carbonyl (C=O) groups is 1. The van der Waals surface area contributed by atoms with E-state index in [0.717, 1.165) is 38.7 Å². The van der Waals surface area contributed by atoms with Crippen molar-refractivity contribution in [2.75, 3.05) is 4.90 Å². The number of aromatic nitrogens is 1. The third-order valence-electron chi connectivity index (χ3n) is 5.49. The predicted octanol–water partition coefficient (Wildman–Crippen LogP) is 3.79. The van der Waals surface area contributed by atoms with E-state index in [1.165, 1.54) is 12.4 Å². The van der Waals surface area contributed by atoms with Crippen LogP contribution in [0, 0.1) is 0 Å². The van der Waals surface area contributed by atoms with Crippen LogP contribution in [-0.2, 0) is 17.8 Å². The number of allylic oxidation sites excluding steroid dienone is 1. The minimum absolute atomic E-state index is 0.0409. The topological polar surface area (TPSA) is 84.8 Å². The van der Waals surface area contributed by atoms with E-state index in [-0.39, 0.29) is 12.3 Å². The highest BCUT2D eigenvalue weighted by atomic mass is 35.5. The SMILES string of the molecule is N/C=C(\C=[NH2+])c1ccc(N(Cc2cccc(Cl)c2)C(=O)Cc2cncc3ccccc23)cc1. The molecule has 0 saturated heterocycles. The molecule has 1 amide bonds. The molecule has 0 unspecified atom stereocenters. The van der Waals surface area contributed by atoms with Crippen LogP contribution in [0.4, 0.5) is 5.69 Å². The highest BCUT2D eigenvalue weighted by molar-refractivity contribution is 6.30. The second-order valence-corrected chi connectivity index (χ2v) is 8.08. The van der Waals surface area contributed by atoms with E-state index in [0.29, 0.717) is 11.6 Å². The summed E-state index contributed by atoms with van der Waals surface area (Å²) in [6.07, 6.45) is 6.70. The largest absolute Gasteiger partial charge is 0.404 e. The third-order valence-corrected chi connectivity index (χ3v) is 5.73. The number of amides is 1. The molecule has 4 N–H and O–H groups in total. The maximum Gasteiger partial charge on any atom is 0.231 e. The molecule has 0 aliphatic carbocycles. The third kappa shape index (κ3) is 5.10. The van der Waals surface area contributed by atoms with Gasteiger partial charge >= 0.3 is 0 Å². The molecule has 5 nitrogen and oxygen atoms in total. The van der Waals surface area contributed by atoms with Gasteiger partial charge in [-0.05, 0) is 46.3 Å². The van der Waals surface area contributed by atoms with Crippen LogP contribution in [0.1, 0.15) is 16.7 Å². The minimum Gasteiger partial charge on any atom is -0.404 e. The Kier molecular flexibility index (Phi) is 6.81. The molecule has 33 heavy (non-hydrogen) atoms. The van der Waals surface area contributed by atoms with Gasteiger partial charge < -0.3 is 10.6 Å². The molecule has 3 aromatic carbocycles. The zero-order valence-corrected chi connectivity index (χ0v) is 18.7. The molecule has 0 aliphatic heterocycles. The molecule has 4 aromatic rings. The number of nitrogens with zero attached hydrogens (tertiary/aromatic N) is 2. The number of rotatable bonds is 7. The van der Waals surface area contributed by atoms with Gasteiger partial charge in [-0.3, -0.25) is 15.2 Å². The first-order valence-corrected chi connectivity index (χ1v) is 10.9. The Bertz CT molecular complexity index is 1330. The standard InChI is InChI=1S/C27H23ClN4O/c28-24-6-3-4-19(12-24)18-32(25-10-8-20(9-11-25)23(14-29)15-30)27(33)13-22-17-31-16-21-5-1-2-7-26(21)22/h1-12,14-17,29H,13,18,30H2/p+1/b23-15+,29-14?. The van der Waals surface area contributed by atoms with Gasteiger partial charge in [0, 0.05) is 34.7 Å². The molecule has 0 radical (unpaired) electrons. The summed E-state index contributed by atoms with van der Waals surface area (Å²) in [5.41, 5.74) is 9.84. The molecule has 164 valence electrons. The summed E-state index contributed by atoms with van der Waals surface area (Å²) in [4.78, 5) is 19.7. The Balaban J connectivity index is 1.69. The van der Waals surface area contributed by atoms with Crippen molar-refractivity contribution in [3.05, 3.63) is 113 Å². The Morgan fingerprint density at radius 3 is 2.55 bits per heavy atom. The average molecular weight is 456 g/mol. The van der Waals surface area contributed by atoms with Crippen molar-refractivity contribution in [1.82, 2.24) is 4.98 Å². The minimum atomic E-state index is -0.0409. The van der Waals surface area contributed by atoms with Crippen molar-refractivity contribution in [2.24, 2.45) is 5.73 Å². The van der Waals surface area contributed by atoms with Gasteiger partial charge in [0.1, 0.15) is 0 Å². The van der Waals surface area contributed by atoms with Crippen LogP contribution in [-0.4, -0.2) is 17.1 Å². The molecule has 1 heterocycles. The van der Waals surface area contributed by atoms with Gasteiger partial charge in [-0.2, -0.15) is 0 Å². The Hall–Kier alpha value is -3.96. The molecular formula is C27H24ClN4O+. The van der Waals surface area contributed by atoms with E-state index < -0.39 is 0 Å². The van der Waals surface area contributed by atoms with Crippen molar-refractivity contribution in [3.8, 4) is 0 Å². The first-order valence-electron chi connectivity index (χ1n) is 10.5. The number of hydrogen-bond acceptors (Lipinski definition) is 3. The van der Waals surface area contributed by atoms with Crippen LogP contribution < -0.4 is 16.0 Å². The van der Waals surface area contributed by atoms with Gasteiger partial charge in [0.2, 0.25) is 5.91 Å². The molecule has 0 spiro atoms. The second-order valence-electron chi connectivity index (χ2n) is 7.64. The lowest BCUT2D eigenvalue weighted by Gasteiger charge is -2.24. The Morgan fingerprint density at radius 2 is 1.82 bits per heavy atom. The van der Waals surface area contributed by atoms with E-state index in [4.69, 9.17) is 22.7 Å². The highest BCUT2D eigenvalue weighted by Gasteiger charge is 2.19. The molecule has 0 fully saturated rings. The fraction of sp³-hybridized carbons (Fsp3) is 0.0741. The normalized spacial score (nSPS) is 11.4. The predicted molar refractivity (Wildman–Crippen MR) is 135 cm³/mol. The Labute approximate surface area is 197 Å². The molecule has 0 saturated carbocycles. The fourth-order valence-electron chi connectivity index (χ4n) is 3.80. The Morgan fingerprint density at radius 1 is 1.03 bits per heavy atom. The summed E-state index contributed by atoms with van der Waals surface area (Å²) >= 11 is 6.19. The van der Waals surface area contributed by atoms with Crippen LogP contribution in [0.3, 0.4) is 0 Å². The molecule has 0 aliphatic rings. The van der Waals surface area contributed by atoms with E-state index in [9.17, 15) is 4.79 Å². The van der Waals surface area contributed by atoms with Gasteiger partial charge in [0.05, 0.1) is 18.5 Å². The monoisotopic (exact) mass is 455 g/mol. The van der Waals surface area contributed by atoms with Crippen molar-refractivity contribution in [3.63, 3.8) is 0 Å². The number of fused-ring (bicyclic) bond motifs is 1. The number of pyridine rings is 1. The summed E-state index contributed by atoms with van der Waals surface area (Å²) in [5.74, 6) is -0.0409.